The van der Waals surface area contributed by atoms with Crippen LogP contribution in [0.5, 0.6) is 0 Å². The molecule has 0 atom stereocenters. The number of ketones is 1. The lowest BCUT2D eigenvalue weighted by molar-refractivity contribution is -0.128. The van der Waals surface area contributed by atoms with Crippen molar-refractivity contribution in [1.82, 2.24) is 9.80 Å². The first-order valence-corrected chi connectivity index (χ1v) is 7.12. The third-order valence-corrected chi connectivity index (χ3v) is 3.92. The highest BCUT2D eigenvalue weighted by Crippen LogP contribution is 2.29. The van der Waals surface area contributed by atoms with Gasteiger partial charge in [-0.25, -0.2) is 0 Å². The Balaban J connectivity index is 2.17. The van der Waals surface area contributed by atoms with Gasteiger partial charge in [0.2, 0.25) is 0 Å². The molecule has 0 aromatic heterocycles. The molecule has 3 heteroatoms. The molecule has 0 amide bonds. The standard InChI is InChI=1S/C17H24N2O/c1-17(2)16(20)15(13-18(3)4)10-11-19(17)12-14-8-6-5-7-9-14/h5-9,13H,10-12H2,1-4H3/b15-13+. The van der Waals surface area contributed by atoms with E-state index in [2.05, 4.69) is 17.0 Å². The van der Waals surface area contributed by atoms with Crippen LogP contribution in [0.25, 0.3) is 0 Å². The van der Waals surface area contributed by atoms with E-state index in [4.69, 9.17) is 0 Å². The number of nitrogens with zero attached hydrogens (tertiary/aromatic N) is 2. The predicted molar refractivity (Wildman–Crippen MR) is 82.3 cm³/mol. The molecule has 1 aromatic rings. The van der Waals surface area contributed by atoms with Crippen LogP contribution < -0.4 is 0 Å². The van der Waals surface area contributed by atoms with Crippen molar-refractivity contribution in [3.8, 4) is 0 Å². The molecule has 0 N–H and O–H groups in total. The highest BCUT2D eigenvalue weighted by Gasteiger charge is 2.39. The number of hydrogen-bond acceptors (Lipinski definition) is 3. The van der Waals surface area contributed by atoms with E-state index in [-0.39, 0.29) is 5.78 Å². The van der Waals surface area contributed by atoms with Gasteiger partial charge in [-0.3, -0.25) is 9.69 Å². The summed E-state index contributed by atoms with van der Waals surface area (Å²) in [5.74, 6) is 0.244. The second-order valence-electron chi connectivity index (χ2n) is 6.16. The van der Waals surface area contributed by atoms with Crippen LogP contribution >= 0.6 is 0 Å². The fraction of sp³-hybridized carbons (Fsp3) is 0.471. The summed E-state index contributed by atoms with van der Waals surface area (Å²) < 4.78 is 0. The smallest absolute Gasteiger partial charge is 0.179 e. The number of likely N-dealkylation sites (tertiary alicyclic amines) is 1. The van der Waals surface area contributed by atoms with Crippen molar-refractivity contribution in [2.24, 2.45) is 0 Å². The van der Waals surface area contributed by atoms with E-state index in [1.807, 2.05) is 57.2 Å². The summed E-state index contributed by atoms with van der Waals surface area (Å²) in [7, 11) is 3.92. The molecule has 2 rings (SSSR count). The molecule has 3 nitrogen and oxygen atoms in total. The fourth-order valence-electron chi connectivity index (χ4n) is 2.70. The monoisotopic (exact) mass is 272 g/mol. The molecule has 0 unspecified atom stereocenters. The van der Waals surface area contributed by atoms with Crippen molar-refractivity contribution < 1.29 is 4.79 Å². The SMILES string of the molecule is CN(C)/C=C1\CCN(Cc2ccccc2)C(C)(C)C1=O. The second-order valence-corrected chi connectivity index (χ2v) is 6.16. The molecule has 1 aromatic carbocycles. The summed E-state index contributed by atoms with van der Waals surface area (Å²) in [5.41, 5.74) is 1.76. The van der Waals surface area contributed by atoms with Gasteiger partial charge >= 0.3 is 0 Å². The molecule has 0 aliphatic carbocycles. The highest BCUT2D eigenvalue weighted by atomic mass is 16.1. The van der Waals surface area contributed by atoms with Crippen LogP contribution in [-0.4, -0.2) is 41.8 Å². The normalized spacial score (nSPS) is 21.2. The number of Topliss-reactive ketones (excluding diaryl/α,β-unsaturated/α-hetero) is 1. The lowest BCUT2D eigenvalue weighted by Crippen LogP contribution is -2.54. The van der Waals surface area contributed by atoms with Crippen molar-refractivity contribution in [2.75, 3.05) is 20.6 Å². The second kappa shape index (κ2) is 5.80. The number of carbonyl (C=O) groups excluding carboxylic acids is 1. The van der Waals surface area contributed by atoms with Gasteiger partial charge in [0.25, 0.3) is 0 Å². The lowest BCUT2D eigenvalue weighted by Gasteiger charge is -2.42. The van der Waals surface area contributed by atoms with Gasteiger partial charge in [0, 0.05) is 39.0 Å². The largest absolute Gasteiger partial charge is 0.383 e. The average Bonchev–Trinajstić information content (AvgIpc) is 2.40. The van der Waals surface area contributed by atoms with E-state index in [9.17, 15) is 4.79 Å². The van der Waals surface area contributed by atoms with E-state index in [0.29, 0.717) is 0 Å². The summed E-state index contributed by atoms with van der Waals surface area (Å²) in [6.45, 7) is 5.81. The van der Waals surface area contributed by atoms with Gasteiger partial charge in [0.15, 0.2) is 5.78 Å². The molecule has 1 fully saturated rings. The Hall–Kier alpha value is -1.61. The molecule has 1 aliphatic heterocycles. The highest BCUT2D eigenvalue weighted by molar-refractivity contribution is 6.02. The van der Waals surface area contributed by atoms with E-state index in [1.165, 1.54) is 5.56 Å². The minimum absolute atomic E-state index is 0.244. The quantitative estimate of drug-likeness (QED) is 0.790. The summed E-state index contributed by atoms with van der Waals surface area (Å²) in [5, 5.41) is 0. The molecular weight excluding hydrogens is 248 g/mol. The van der Waals surface area contributed by atoms with Crippen LogP contribution in [0.4, 0.5) is 0 Å². The first kappa shape index (κ1) is 14.8. The van der Waals surface area contributed by atoms with Crippen molar-refractivity contribution in [1.29, 1.82) is 0 Å². The molecule has 1 heterocycles. The predicted octanol–water partition coefficient (Wildman–Crippen LogP) is 2.69. The van der Waals surface area contributed by atoms with Crippen LogP contribution in [0.15, 0.2) is 42.1 Å². The van der Waals surface area contributed by atoms with E-state index in [1.54, 1.807) is 0 Å². The van der Waals surface area contributed by atoms with Crippen LogP contribution in [0.2, 0.25) is 0 Å². The Labute approximate surface area is 121 Å². The third-order valence-electron chi connectivity index (χ3n) is 3.92. The summed E-state index contributed by atoms with van der Waals surface area (Å²) in [4.78, 5) is 16.9. The van der Waals surface area contributed by atoms with Crippen molar-refractivity contribution in [2.45, 2.75) is 32.4 Å². The van der Waals surface area contributed by atoms with Crippen LogP contribution in [-0.2, 0) is 11.3 Å². The van der Waals surface area contributed by atoms with E-state index < -0.39 is 5.54 Å². The molecule has 1 aliphatic rings. The fourth-order valence-corrected chi connectivity index (χ4v) is 2.70. The molecule has 1 saturated heterocycles. The maximum Gasteiger partial charge on any atom is 0.179 e. The molecule has 0 bridgehead atoms. The summed E-state index contributed by atoms with van der Waals surface area (Å²) in [6, 6.07) is 10.3. The average molecular weight is 272 g/mol. The van der Waals surface area contributed by atoms with Gasteiger partial charge in [-0.05, 0) is 25.8 Å². The maximum absolute atomic E-state index is 12.6. The Kier molecular flexibility index (Phi) is 4.29. The topological polar surface area (TPSA) is 23.6 Å². The first-order valence-electron chi connectivity index (χ1n) is 7.12. The van der Waals surface area contributed by atoms with Crippen molar-refractivity contribution in [3.63, 3.8) is 0 Å². The molecular formula is C17H24N2O. The van der Waals surface area contributed by atoms with Gasteiger partial charge in [-0.2, -0.15) is 0 Å². The number of rotatable bonds is 3. The van der Waals surface area contributed by atoms with Crippen molar-refractivity contribution in [3.05, 3.63) is 47.7 Å². The third kappa shape index (κ3) is 3.10. The molecule has 0 radical (unpaired) electrons. The molecule has 0 spiro atoms. The van der Waals surface area contributed by atoms with Crippen LogP contribution in [0, 0.1) is 0 Å². The molecule has 20 heavy (non-hydrogen) atoms. The molecule has 0 saturated carbocycles. The van der Waals surface area contributed by atoms with Crippen LogP contribution in [0.1, 0.15) is 25.8 Å². The van der Waals surface area contributed by atoms with Gasteiger partial charge in [0.05, 0.1) is 5.54 Å². The van der Waals surface area contributed by atoms with Crippen LogP contribution in [0.3, 0.4) is 0 Å². The minimum atomic E-state index is -0.435. The number of carbonyl (C=O) groups is 1. The van der Waals surface area contributed by atoms with E-state index >= 15 is 0 Å². The lowest BCUT2D eigenvalue weighted by atomic mass is 9.85. The van der Waals surface area contributed by atoms with E-state index in [0.717, 1.165) is 25.1 Å². The zero-order valence-corrected chi connectivity index (χ0v) is 12.9. The minimum Gasteiger partial charge on any atom is -0.383 e. The van der Waals surface area contributed by atoms with Gasteiger partial charge in [0.1, 0.15) is 0 Å². The Morgan fingerprint density at radius 1 is 1.25 bits per heavy atom. The Morgan fingerprint density at radius 3 is 2.50 bits per heavy atom. The van der Waals surface area contributed by atoms with Crippen molar-refractivity contribution >= 4 is 5.78 Å². The first-order chi connectivity index (χ1) is 9.41. The number of hydrogen-bond donors (Lipinski definition) is 0. The summed E-state index contributed by atoms with van der Waals surface area (Å²) in [6.07, 6.45) is 2.79. The Morgan fingerprint density at radius 2 is 1.90 bits per heavy atom. The van der Waals surface area contributed by atoms with Gasteiger partial charge in [-0.15, -0.1) is 0 Å². The Bertz CT molecular complexity index is 503. The van der Waals surface area contributed by atoms with Gasteiger partial charge < -0.3 is 4.90 Å². The van der Waals surface area contributed by atoms with Gasteiger partial charge in [-0.1, -0.05) is 30.3 Å². The summed E-state index contributed by atoms with van der Waals surface area (Å²) >= 11 is 0. The molecule has 108 valence electrons. The number of piperidine rings is 1. The maximum atomic E-state index is 12.6. The zero-order valence-electron chi connectivity index (χ0n) is 12.9. The number of benzene rings is 1. The zero-order chi connectivity index (χ0) is 14.8.